The first-order chi connectivity index (χ1) is 5.54. The van der Waals surface area contributed by atoms with Gasteiger partial charge in [-0.05, 0) is 24.7 Å². The SMILES string of the molecule is CC=CC(C)(C)C(C)C=CCC. The van der Waals surface area contributed by atoms with E-state index in [2.05, 4.69) is 58.9 Å². The Bertz CT molecular complexity index is 161. The van der Waals surface area contributed by atoms with E-state index >= 15 is 0 Å². The van der Waals surface area contributed by atoms with Crippen molar-refractivity contribution in [2.24, 2.45) is 11.3 Å². The van der Waals surface area contributed by atoms with Crippen molar-refractivity contribution in [1.82, 2.24) is 0 Å². The van der Waals surface area contributed by atoms with Crippen LogP contribution in [0.1, 0.15) is 41.0 Å². The Balaban J connectivity index is 4.24. The van der Waals surface area contributed by atoms with Crippen LogP contribution in [0.3, 0.4) is 0 Å². The molecule has 0 bridgehead atoms. The van der Waals surface area contributed by atoms with Crippen LogP contribution in [0.4, 0.5) is 0 Å². The molecule has 0 spiro atoms. The molecule has 0 heteroatoms. The summed E-state index contributed by atoms with van der Waals surface area (Å²) in [4.78, 5) is 0. The minimum Gasteiger partial charge on any atom is -0.0911 e. The molecule has 70 valence electrons. The molecule has 0 fully saturated rings. The third-order valence-corrected chi connectivity index (χ3v) is 2.43. The molecule has 0 heterocycles. The summed E-state index contributed by atoms with van der Waals surface area (Å²) in [5, 5.41) is 0. The van der Waals surface area contributed by atoms with Gasteiger partial charge in [0, 0.05) is 0 Å². The molecule has 0 radical (unpaired) electrons. The van der Waals surface area contributed by atoms with Crippen molar-refractivity contribution in [3.63, 3.8) is 0 Å². The Morgan fingerprint density at radius 3 is 2.33 bits per heavy atom. The fourth-order valence-corrected chi connectivity index (χ4v) is 1.17. The van der Waals surface area contributed by atoms with Gasteiger partial charge in [-0.3, -0.25) is 0 Å². The molecule has 0 N–H and O–H groups in total. The Kier molecular flexibility index (Phi) is 4.96. The Hall–Kier alpha value is -0.520. The minimum absolute atomic E-state index is 0.292. The molecule has 0 nitrogen and oxygen atoms in total. The van der Waals surface area contributed by atoms with Crippen LogP contribution in [0.25, 0.3) is 0 Å². The van der Waals surface area contributed by atoms with Crippen LogP contribution in [0.2, 0.25) is 0 Å². The zero-order valence-corrected chi connectivity index (χ0v) is 9.09. The van der Waals surface area contributed by atoms with Crippen LogP contribution in [0, 0.1) is 11.3 Å². The third kappa shape index (κ3) is 3.75. The highest BCUT2D eigenvalue weighted by Gasteiger charge is 2.19. The first kappa shape index (κ1) is 11.5. The molecule has 0 aliphatic carbocycles. The van der Waals surface area contributed by atoms with Gasteiger partial charge < -0.3 is 0 Å². The summed E-state index contributed by atoms with van der Waals surface area (Å²) in [7, 11) is 0. The van der Waals surface area contributed by atoms with Gasteiger partial charge in [0.15, 0.2) is 0 Å². The molecule has 0 aliphatic heterocycles. The molecule has 0 amide bonds. The number of hydrogen-bond acceptors (Lipinski definition) is 0. The highest BCUT2D eigenvalue weighted by Crippen LogP contribution is 2.29. The molecule has 1 atom stereocenters. The van der Waals surface area contributed by atoms with E-state index in [1.54, 1.807) is 0 Å². The lowest BCUT2D eigenvalue weighted by Gasteiger charge is -2.25. The van der Waals surface area contributed by atoms with Crippen LogP contribution < -0.4 is 0 Å². The zero-order valence-electron chi connectivity index (χ0n) is 9.09. The fraction of sp³-hybridized carbons (Fsp3) is 0.667. The van der Waals surface area contributed by atoms with Crippen molar-refractivity contribution in [2.45, 2.75) is 41.0 Å². The molecule has 0 aliphatic rings. The second-order valence-corrected chi connectivity index (χ2v) is 3.95. The van der Waals surface area contributed by atoms with Crippen molar-refractivity contribution in [1.29, 1.82) is 0 Å². The summed E-state index contributed by atoms with van der Waals surface area (Å²) in [6.45, 7) is 11.1. The molecule has 0 rings (SSSR count). The van der Waals surface area contributed by atoms with Gasteiger partial charge >= 0.3 is 0 Å². The molecule has 1 unspecified atom stereocenters. The van der Waals surface area contributed by atoms with Crippen molar-refractivity contribution in [3.8, 4) is 0 Å². The van der Waals surface area contributed by atoms with Crippen molar-refractivity contribution in [3.05, 3.63) is 24.3 Å². The standard InChI is InChI=1S/C12H22/c1-6-8-9-11(3)12(4,5)10-7-2/h7-11H,6H2,1-5H3. The lowest BCUT2D eigenvalue weighted by molar-refractivity contribution is 0.367. The summed E-state index contributed by atoms with van der Waals surface area (Å²) in [6.07, 6.45) is 10.1. The molecular weight excluding hydrogens is 144 g/mol. The molecular formula is C12H22. The largest absolute Gasteiger partial charge is 0.0911 e. The van der Waals surface area contributed by atoms with E-state index in [9.17, 15) is 0 Å². The monoisotopic (exact) mass is 166 g/mol. The van der Waals surface area contributed by atoms with Crippen molar-refractivity contribution in [2.75, 3.05) is 0 Å². The van der Waals surface area contributed by atoms with Gasteiger partial charge in [-0.1, -0.05) is 52.0 Å². The lowest BCUT2D eigenvalue weighted by atomic mass is 9.79. The summed E-state index contributed by atoms with van der Waals surface area (Å²) in [6, 6.07) is 0. The molecule has 0 aromatic heterocycles. The number of rotatable bonds is 4. The average Bonchev–Trinajstić information content (AvgIpc) is 2.00. The first-order valence-electron chi connectivity index (χ1n) is 4.85. The quantitative estimate of drug-likeness (QED) is 0.549. The predicted molar refractivity (Wildman–Crippen MR) is 57.2 cm³/mol. The maximum absolute atomic E-state index is 2.31. The smallest absolute Gasteiger partial charge is 0.0115 e. The summed E-state index contributed by atoms with van der Waals surface area (Å²) in [5.74, 6) is 0.619. The first-order valence-corrected chi connectivity index (χ1v) is 4.85. The fourth-order valence-electron chi connectivity index (χ4n) is 1.17. The lowest BCUT2D eigenvalue weighted by Crippen LogP contribution is -2.16. The van der Waals surface area contributed by atoms with E-state index in [4.69, 9.17) is 0 Å². The molecule has 0 aromatic carbocycles. The van der Waals surface area contributed by atoms with E-state index < -0.39 is 0 Å². The van der Waals surface area contributed by atoms with E-state index in [0.29, 0.717) is 11.3 Å². The highest BCUT2D eigenvalue weighted by molar-refractivity contribution is 5.02. The Labute approximate surface area is 77.4 Å². The van der Waals surface area contributed by atoms with E-state index in [1.807, 2.05) is 0 Å². The summed E-state index contributed by atoms with van der Waals surface area (Å²) < 4.78 is 0. The van der Waals surface area contributed by atoms with Gasteiger partial charge in [-0.2, -0.15) is 0 Å². The zero-order chi connectivity index (χ0) is 9.61. The predicted octanol–water partition coefficient (Wildman–Crippen LogP) is 4.19. The number of allylic oxidation sites excluding steroid dienone is 4. The molecule has 0 saturated heterocycles. The average molecular weight is 166 g/mol. The molecule has 12 heavy (non-hydrogen) atoms. The highest BCUT2D eigenvalue weighted by atomic mass is 14.2. The summed E-state index contributed by atoms with van der Waals surface area (Å²) >= 11 is 0. The Morgan fingerprint density at radius 2 is 1.92 bits per heavy atom. The van der Waals surface area contributed by atoms with Crippen molar-refractivity contribution < 1.29 is 0 Å². The van der Waals surface area contributed by atoms with Crippen LogP contribution in [0.5, 0.6) is 0 Å². The summed E-state index contributed by atoms with van der Waals surface area (Å²) in [5.41, 5.74) is 0.292. The van der Waals surface area contributed by atoms with Crippen LogP contribution in [0.15, 0.2) is 24.3 Å². The second-order valence-electron chi connectivity index (χ2n) is 3.95. The van der Waals surface area contributed by atoms with Gasteiger partial charge in [0.25, 0.3) is 0 Å². The maximum atomic E-state index is 2.31. The normalized spacial score (nSPS) is 16.1. The molecule has 0 saturated carbocycles. The topological polar surface area (TPSA) is 0 Å². The number of hydrogen-bond donors (Lipinski definition) is 0. The van der Waals surface area contributed by atoms with Gasteiger partial charge in [-0.15, -0.1) is 0 Å². The van der Waals surface area contributed by atoms with Gasteiger partial charge in [-0.25, -0.2) is 0 Å². The van der Waals surface area contributed by atoms with Crippen LogP contribution in [-0.4, -0.2) is 0 Å². The van der Waals surface area contributed by atoms with E-state index in [-0.39, 0.29) is 0 Å². The van der Waals surface area contributed by atoms with Gasteiger partial charge in [0.05, 0.1) is 0 Å². The minimum atomic E-state index is 0.292. The van der Waals surface area contributed by atoms with Crippen LogP contribution in [-0.2, 0) is 0 Å². The van der Waals surface area contributed by atoms with E-state index in [1.165, 1.54) is 0 Å². The maximum Gasteiger partial charge on any atom is -0.0115 e. The van der Waals surface area contributed by atoms with Crippen molar-refractivity contribution >= 4 is 0 Å². The third-order valence-electron chi connectivity index (χ3n) is 2.43. The molecule has 0 aromatic rings. The second kappa shape index (κ2) is 5.18. The van der Waals surface area contributed by atoms with Gasteiger partial charge in [0.2, 0.25) is 0 Å². The van der Waals surface area contributed by atoms with Gasteiger partial charge in [0.1, 0.15) is 0 Å². The van der Waals surface area contributed by atoms with Crippen LogP contribution >= 0.6 is 0 Å². The van der Waals surface area contributed by atoms with E-state index in [0.717, 1.165) is 6.42 Å². The Morgan fingerprint density at radius 1 is 1.33 bits per heavy atom.